The van der Waals surface area contributed by atoms with Crippen LogP contribution in [0.2, 0.25) is 5.02 Å². The fourth-order valence-corrected chi connectivity index (χ4v) is 2.94. The molecule has 1 saturated carbocycles. The summed E-state index contributed by atoms with van der Waals surface area (Å²) in [5.74, 6) is -0.197. The third kappa shape index (κ3) is 4.14. The smallest absolute Gasteiger partial charge is 0.273 e. The Kier molecular flexibility index (Phi) is 5.30. The maximum atomic E-state index is 12.3. The first-order valence-electron chi connectivity index (χ1n) is 7.89. The molecule has 1 aliphatic rings. The van der Waals surface area contributed by atoms with Crippen molar-refractivity contribution in [2.24, 2.45) is 0 Å². The summed E-state index contributed by atoms with van der Waals surface area (Å²) in [6.45, 7) is 0.331. The van der Waals surface area contributed by atoms with Crippen molar-refractivity contribution in [1.82, 2.24) is 15.8 Å². The number of aromatic nitrogens is 1. The summed E-state index contributed by atoms with van der Waals surface area (Å²) in [7, 11) is 0. The van der Waals surface area contributed by atoms with Crippen LogP contribution in [0.4, 0.5) is 0 Å². The highest BCUT2D eigenvalue weighted by Crippen LogP contribution is 2.31. The zero-order valence-electron chi connectivity index (χ0n) is 13.4. The Bertz CT molecular complexity index is 770. The molecule has 0 atom stereocenters. The Morgan fingerprint density at radius 3 is 2.56 bits per heavy atom. The average Bonchev–Trinajstić information content (AvgIpc) is 3.07. The summed E-state index contributed by atoms with van der Waals surface area (Å²) in [6.07, 6.45) is 2.62. The molecule has 0 bridgehead atoms. The van der Waals surface area contributed by atoms with E-state index in [2.05, 4.69) is 15.8 Å². The van der Waals surface area contributed by atoms with E-state index in [-0.39, 0.29) is 23.4 Å². The van der Waals surface area contributed by atoms with Crippen LogP contribution in [-0.4, -0.2) is 34.9 Å². The quantitative estimate of drug-likeness (QED) is 0.753. The molecule has 2 amide bonds. The Balaban J connectivity index is 1.62. The molecule has 0 aliphatic heterocycles. The maximum Gasteiger partial charge on any atom is 0.273 e. The van der Waals surface area contributed by atoms with Crippen molar-refractivity contribution < 1.29 is 14.1 Å². The molecule has 1 aromatic carbocycles. The van der Waals surface area contributed by atoms with E-state index in [9.17, 15) is 9.59 Å². The summed E-state index contributed by atoms with van der Waals surface area (Å²) < 4.78 is 5.22. The van der Waals surface area contributed by atoms with Crippen LogP contribution in [0.25, 0.3) is 11.3 Å². The van der Waals surface area contributed by atoms with Crippen molar-refractivity contribution in [1.29, 1.82) is 0 Å². The van der Waals surface area contributed by atoms with Gasteiger partial charge in [0, 0.05) is 23.2 Å². The Hall–Kier alpha value is -2.05. The lowest BCUT2D eigenvalue weighted by Gasteiger charge is -2.42. The monoisotopic (exact) mass is 381 g/mol. The molecule has 132 valence electrons. The highest BCUT2D eigenvalue weighted by atomic mass is 35.5. The van der Waals surface area contributed by atoms with Crippen molar-refractivity contribution in [3.05, 3.63) is 41.0 Å². The lowest BCUT2D eigenvalue weighted by Crippen LogP contribution is -2.60. The molecule has 25 heavy (non-hydrogen) atoms. The van der Waals surface area contributed by atoms with Crippen LogP contribution in [0.3, 0.4) is 0 Å². The van der Waals surface area contributed by atoms with Crippen LogP contribution in [0.1, 0.15) is 29.8 Å². The first kappa shape index (κ1) is 17.8. The van der Waals surface area contributed by atoms with E-state index in [1.807, 2.05) is 0 Å². The number of amides is 2. The maximum absolute atomic E-state index is 12.3. The number of halogens is 2. The largest absolute Gasteiger partial charge is 0.355 e. The Morgan fingerprint density at radius 1 is 1.24 bits per heavy atom. The molecular formula is C17H17Cl2N3O3. The van der Waals surface area contributed by atoms with E-state index < -0.39 is 5.54 Å². The molecule has 2 aromatic rings. The van der Waals surface area contributed by atoms with Gasteiger partial charge in [0.05, 0.1) is 5.54 Å². The van der Waals surface area contributed by atoms with E-state index >= 15 is 0 Å². The van der Waals surface area contributed by atoms with E-state index in [0.717, 1.165) is 24.8 Å². The SMILES string of the molecule is O=C(CCl)NC1(CNC(=O)c2cc(-c3ccc(Cl)cc3)on2)CCC1. The summed E-state index contributed by atoms with van der Waals surface area (Å²) in [5.41, 5.74) is 0.550. The van der Waals surface area contributed by atoms with E-state index in [1.165, 1.54) is 0 Å². The highest BCUT2D eigenvalue weighted by molar-refractivity contribution is 6.30. The van der Waals surface area contributed by atoms with Crippen molar-refractivity contribution >= 4 is 35.0 Å². The van der Waals surface area contributed by atoms with Gasteiger partial charge >= 0.3 is 0 Å². The minimum absolute atomic E-state index is 0.0938. The van der Waals surface area contributed by atoms with Crippen LogP contribution >= 0.6 is 23.2 Å². The zero-order chi connectivity index (χ0) is 17.9. The molecule has 1 aromatic heterocycles. The standard InChI is InChI=1S/C17H17Cl2N3O3/c18-9-15(23)21-17(6-1-7-17)10-20-16(24)13-8-14(25-22-13)11-2-4-12(19)5-3-11/h2-5,8H,1,6-7,9-10H2,(H,20,24)(H,21,23). The minimum Gasteiger partial charge on any atom is -0.355 e. The second-order valence-corrected chi connectivity index (χ2v) is 6.79. The number of alkyl halides is 1. The number of benzene rings is 1. The number of carbonyl (C=O) groups excluding carboxylic acids is 2. The summed E-state index contributed by atoms with van der Waals surface area (Å²) in [4.78, 5) is 23.8. The second-order valence-electron chi connectivity index (χ2n) is 6.08. The third-order valence-corrected chi connectivity index (χ3v) is 4.79. The first-order chi connectivity index (χ1) is 12.0. The van der Waals surface area contributed by atoms with Crippen molar-refractivity contribution in [3.63, 3.8) is 0 Å². The van der Waals surface area contributed by atoms with Gasteiger partial charge in [-0.25, -0.2) is 0 Å². The van der Waals surface area contributed by atoms with Gasteiger partial charge in [-0.05, 0) is 43.5 Å². The van der Waals surface area contributed by atoms with Crippen molar-refractivity contribution in [3.8, 4) is 11.3 Å². The molecule has 8 heteroatoms. The predicted molar refractivity (Wildman–Crippen MR) is 94.7 cm³/mol. The molecule has 2 N–H and O–H groups in total. The molecule has 0 spiro atoms. The van der Waals surface area contributed by atoms with E-state index in [4.69, 9.17) is 27.7 Å². The summed E-state index contributed by atoms with van der Waals surface area (Å²) in [6, 6.07) is 8.62. The number of nitrogens with zero attached hydrogens (tertiary/aromatic N) is 1. The number of nitrogens with one attached hydrogen (secondary N) is 2. The molecule has 1 heterocycles. The molecular weight excluding hydrogens is 365 g/mol. The van der Waals surface area contributed by atoms with Gasteiger partial charge in [0.25, 0.3) is 5.91 Å². The van der Waals surface area contributed by atoms with Crippen LogP contribution in [0, 0.1) is 0 Å². The number of carbonyl (C=O) groups is 2. The second kappa shape index (κ2) is 7.45. The number of hydrogen-bond donors (Lipinski definition) is 2. The summed E-state index contributed by atoms with van der Waals surface area (Å²) in [5, 5.41) is 10.1. The molecule has 6 nitrogen and oxygen atoms in total. The molecule has 0 saturated heterocycles. The van der Waals surface area contributed by atoms with E-state index in [0.29, 0.717) is 17.3 Å². The lowest BCUT2D eigenvalue weighted by atomic mass is 9.76. The highest BCUT2D eigenvalue weighted by Gasteiger charge is 2.38. The van der Waals surface area contributed by atoms with Gasteiger partial charge in [0.2, 0.25) is 5.91 Å². The van der Waals surface area contributed by atoms with Crippen LogP contribution in [0.5, 0.6) is 0 Å². The summed E-state index contributed by atoms with van der Waals surface area (Å²) >= 11 is 11.4. The minimum atomic E-state index is -0.412. The molecule has 3 rings (SSSR count). The van der Waals surface area contributed by atoms with Crippen LogP contribution < -0.4 is 10.6 Å². The van der Waals surface area contributed by atoms with Gasteiger partial charge in [-0.1, -0.05) is 16.8 Å². The van der Waals surface area contributed by atoms with Crippen LogP contribution in [0.15, 0.2) is 34.9 Å². The number of hydrogen-bond acceptors (Lipinski definition) is 4. The normalized spacial score (nSPS) is 15.3. The Morgan fingerprint density at radius 2 is 1.96 bits per heavy atom. The van der Waals surface area contributed by atoms with Gasteiger partial charge in [-0.2, -0.15) is 0 Å². The number of rotatable bonds is 6. The molecule has 0 radical (unpaired) electrons. The fourth-order valence-electron chi connectivity index (χ4n) is 2.75. The van der Waals surface area contributed by atoms with Gasteiger partial charge in [-0.3, -0.25) is 9.59 Å². The topological polar surface area (TPSA) is 84.2 Å². The van der Waals surface area contributed by atoms with Gasteiger partial charge in [0.1, 0.15) is 5.88 Å². The predicted octanol–water partition coefficient (Wildman–Crippen LogP) is 3.00. The van der Waals surface area contributed by atoms with Crippen molar-refractivity contribution in [2.75, 3.05) is 12.4 Å². The van der Waals surface area contributed by atoms with Crippen molar-refractivity contribution in [2.45, 2.75) is 24.8 Å². The first-order valence-corrected chi connectivity index (χ1v) is 8.80. The van der Waals surface area contributed by atoms with Gasteiger partial charge in [-0.15, -0.1) is 11.6 Å². The van der Waals surface area contributed by atoms with E-state index in [1.54, 1.807) is 30.3 Å². The van der Waals surface area contributed by atoms with Crippen LogP contribution in [-0.2, 0) is 4.79 Å². The molecule has 1 aliphatic carbocycles. The van der Waals surface area contributed by atoms with Gasteiger partial charge in [0.15, 0.2) is 11.5 Å². The van der Waals surface area contributed by atoms with Gasteiger partial charge < -0.3 is 15.2 Å². The lowest BCUT2D eigenvalue weighted by molar-refractivity contribution is -0.121. The zero-order valence-corrected chi connectivity index (χ0v) is 14.9. The molecule has 0 unspecified atom stereocenters. The Labute approximate surface area is 154 Å². The third-order valence-electron chi connectivity index (χ3n) is 4.30. The average molecular weight is 382 g/mol. The molecule has 1 fully saturated rings. The fraction of sp³-hybridized carbons (Fsp3) is 0.353.